The van der Waals surface area contributed by atoms with Crippen LogP contribution < -0.4 is 15.9 Å². The smallest absolute Gasteiger partial charge is 0.0892 e. The molecule has 0 spiro atoms. The Morgan fingerprint density at radius 3 is 1.86 bits per heavy atom. The maximum absolute atomic E-state index is 6.02. The van der Waals surface area contributed by atoms with Gasteiger partial charge in [-0.2, -0.15) is 0 Å². The fourth-order valence-electron chi connectivity index (χ4n) is 3.18. The molecular formula is C25H22NOP. The monoisotopic (exact) mass is 383 g/mol. The molecule has 4 aromatic rings. The van der Waals surface area contributed by atoms with Gasteiger partial charge in [0, 0.05) is 6.20 Å². The first-order valence-corrected chi connectivity index (χ1v) is 10.7. The molecule has 1 heterocycles. The molecular weight excluding hydrogens is 361 g/mol. The second-order valence-corrected chi connectivity index (χ2v) is 8.63. The van der Waals surface area contributed by atoms with Crippen molar-refractivity contribution in [3.05, 3.63) is 121 Å². The van der Waals surface area contributed by atoms with Crippen molar-refractivity contribution >= 4 is 23.8 Å². The summed E-state index contributed by atoms with van der Waals surface area (Å²) in [6, 6.07) is 36.1. The molecule has 4 rings (SSSR count). The number of aromatic nitrogens is 1. The van der Waals surface area contributed by atoms with E-state index in [9.17, 15) is 0 Å². The Morgan fingerprint density at radius 2 is 1.21 bits per heavy atom. The van der Waals surface area contributed by atoms with Crippen LogP contribution in [0.5, 0.6) is 0 Å². The molecule has 0 aliphatic heterocycles. The molecule has 138 valence electrons. The predicted molar refractivity (Wildman–Crippen MR) is 118 cm³/mol. The van der Waals surface area contributed by atoms with Crippen molar-refractivity contribution in [2.24, 2.45) is 0 Å². The SMILES string of the molecule is c1ccc(P(c2ccccc2)c2ccccc2COCc2ccccn2)cc1. The van der Waals surface area contributed by atoms with Gasteiger partial charge in [0.15, 0.2) is 0 Å². The molecule has 0 radical (unpaired) electrons. The van der Waals surface area contributed by atoms with Crippen LogP contribution in [0.1, 0.15) is 11.3 Å². The highest BCUT2D eigenvalue weighted by Gasteiger charge is 2.19. The second kappa shape index (κ2) is 9.41. The third-order valence-corrected chi connectivity index (χ3v) is 7.04. The predicted octanol–water partition coefficient (Wildman–Crippen LogP) is 4.56. The molecule has 3 heteroatoms. The fraction of sp³-hybridized carbons (Fsp3) is 0.0800. The van der Waals surface area contributed by atoms with E-state index in [-0.39, 0.29) is 0 Å². The van der Waals surface area contributed by atoms with Crippen molar-refractivity contribution in [3.8, 4) is 0 Å². The highest BCUT2D eigenvalue weighted by Crippen LogP contribution is 2.34. The Kier molecular flexibility index (Phi) is 6.24. The number of pyridine rings is 1. The van der Waals surface area contributed by atoms with E-state index in [0.29, 0.717) is 13.2 Å². The molecule has 0 unspecified atom stereocenters. The minimum absolute atomic E-state index is 0.518. The van der Waals surface area contributed by atoms with Gasteiger partial charge in [-0.3, -0.25) is 4.98 Å². The first-order chi connectivity index (χ1) is 13.9. The molecule has 3 aromatic carbocycles. The van der Waals surface area contributed by atoms with Gasteiger partial charge in [0.2, 0.25) is 0 Å². The van der Waals surface area contributed by atoms with Crippen molar-refractivity contribution in [1.29, 1.82) is 0 Å². The van der Waals surface area contributed by atoms with Crippen molar-refractivity contribution in [3.63, 3.8) is 0 Å². The van der Waals surface area contributed by atoms with E-state index in [1.54, 1.807) is 6.20 Å². The van der Waals surface area contributed by atoms with Gasteiger partial charge in [-0.25, -0.2) is 0 Å². The molecule has 0 saturated heterocycles. The average molecular weight is 383 g/mol. The zero-order valence-electron chi connectivity index (χ0n) is 15.6. The molecule has 2 nitrogen and oxygen atoms in total. The lowest BCUT2D eigenvalue weighted by Crippen LogP contribution is -2.23. The lowest BCUT2D eigenvalue weighted by molar-refractivity contribution is 0.105. The van der Waals surface area contributed by atoms with E-state index in [2.05, 4.69) is 89.9 Å². The van der Waals surface area contributed by atoms with Crippen LogP contribution in [0.2, 0.25) is 0 Å². The molecule has 0 aliphatic carbocycles. The summed E-state index contributed by atoms with van der Waals surface area (Å²) in [5.74, 6) is 0. The summed E-state index contributed by atoms with van der Waals surface area (Å²) in [5, 5.41) is 4.04. The summed E-state index contributed by atoms with van der Waals surface area (Å²) in [4.78, 5) is 4.34. The van der Waals surface area contributed by atoms with Gasteiger partial charge in [0.25, 0.3) is 0 Å². The Labute approximate surface area is 167 Å². The lowest BCUT2D eigenvalue weighted by Gasteiger charge is -2.22. The Bertz CT molecular complexity index is 951. The number of hydrogen-bond acceptors (Lipinski definition) is 2. The van der Waals surface area contributed by atoms with Crippen LogP contribution in [0, 0.1) is 0 Å². The van der Waals surface area contributed by atoms with E-state index < -0.39 is 7.92 Å². The highest BCUT2D eigenvalue weighted by atomic mass is 31.1. The van der Waals surface area contributed by atoms with Crippen molar-refractivity contribution < 1.29 is 4.74 Å². The molecule has 28 heavy (non-hydrogen) atoms. The molecule has 0 atom stereocenters. The van der Waals surface area contributed by atoms with Crippen LogP contribution in [0.4, 0.5) is 0 Å². The molecule has 0 N–H and O–H groups in total. The van der Waals surface area contributed by atoms with Gasteiger partial charge in [-0.15, -0.1) is 0 Å². The van der Waals surface area contributed by atoms with Crippen LogP contribution in [-0.4, -0.2) is 4.98 Å². The third kappa shape index (κ3) is 4.54. The second-order valence-electron chi connectivity index (χ2n) is 6.45. The molecule has 0 fully saturated rings. The molecule has 0 aliphatic rings. The van der Waals surface area contributed by atoms with E-state index in [4.69, 9.17) is 4.74 Å². The fourth-order valence-corrected chi connectivity index (χ4v) is 5.64. The zero-order valence-corrected chi connectivity index (χ0v) is 16.5. The Hall–Kier alpha value is -2.80. The summed E-state index contributed by atoms with van der Waals surface area (Å²) >= 11 is 0. The first kappa shape index (κ1) is 18.6. The van der Waals surface area contributed by atoms with Crippen LogP contribution in [0.15, 0.2) is 109 Å². The van der Waals surface area contributed by atoms with Gasteiger partial charge in [0.05, 0.1) is 18.9 Å². The van der Waals surface area contributed by atoms with Crippen molar-refractivity contribution in [2.75, 3.05) is 0 Å². The van der Waals surface area contributed by atoms with E-state index in [0.717, 1.165) is 5.69 Å². The lowest BCUT2D eigenvalue weighted by atomic mass is 10.2. The van der Waals surface area contributed by atoms with Gasteiger partial charge in [0.1, 0.15) is 0 Å². The van der Waals surface area contributed by atoms with Crippen LogP contribution in [0.3, 0.4) is 0 Å². The standard InChI is InChI=1S/C25H22NOP/c1-3-13-23(14-4-1)28(24-15-5-2-6-16-24)25-17-8-7-11-21(25)19-27-20-22-12-9-10-18-26-22/h1-18H,19-20H2. The summed E-state index contributed by atoms with van der Waals surface area (Å²) in [6.45, 7) is 1.09. The minimum atomic E-state index is -0.633. The number of rotatable bonds is 7. The minimum Gasteiger partial charge on any atom is -0.370 e. The Balaban J connectivity index is 1.64. The normalized spacial score (nSPS) is 10.9. The van der Waals surface area contributed by atoms with E-state index in [1.807, 2.05) is 18.2 Å². The number of nitrogens with zero attached hydrogens (tertiary/aromatic N) is 1. The van der Waals surface area contributed by atoms with Gasteiger partial charge in [-0.05, 0) is 41.5 Å². The Morgan fingerprint density at radius 1 is 0.607 bits per heavy atom. The number of ether oxygens (including phenoxy) is 1. The van der Waals surface area contributed by atoms with Crippen LogP contribution >= 0.6 is 7.92 Å². The van der Waals surface area contributed by atoms with Crippen LogP contribution in [0.25, 0.3) is 0 Å². The largest absolute Gasteiger partial charge is 0.370 e. The summed E-state index contributed by atoms with van der Waals surface area (Å²) < 4.78 is 6.02. The highest BCUT2D eigenvalue weighted by molar-refractivity contribution is 7.79. The number of hydrogen-bond donors (Lipinski definition) is 0. The molecule has 0 saturated carbocycles. The summed E-state index contributed by atoms with van der Waals surface area (Å²) in [7, 11) is -0.633. The summed E-state index contributed by atoms with van der Waals surface area (Å²) in [5.41, 5.74) is 2.19. The van der Waals surface area contributed by atoms with Crippen molar-refractivity contribution in [1.82, 2.24) is 4.98 Å². The van der Waals surface area contributed by atoms with E-state index in [1.165, 1.54) is 21.5 Å². The summed E-state index contributed by atoms with van der Waals surface area (Å²) in [6.07, 6.45) is 1.80. The van der Waals surface area contributed by atoms with Gasteiger partial charge < -0.3 is 4.74 Å². The van der Waals surface area contributed by atoms with E-state index >= 15 is 0 Å². The average Bonchev–Trinajstić information content (AvgIpc) is 2.77. The molecule has 0 amide bonds. The topological polar surface area (TPSA) is 22.1 Å². The van der Waals surface area contributed by atoms with Gasteiger partial charge >= 0.3 is 0 Å². The quantitative estimate of drug-likeness (QED) is 0.437. The maximum atomic E-state index is 6.02. The third-order valence-electron chi connectivity index (χ3n) is 4.49. The van der Waals surface area contributed by atoms with Crippen LogP contribution in [-0.2, 0) is 18.0 Å². The first-order valence-electron chi connectivity index (χ1n) is 9.37. The zero-order chi connectivity index (χ0) is 19.0. The van der Waals surface area contributed by atoms with Crippen molar-refractivity contribution in [2.45, 2.75) is 13.2 Å². The molecule has 1 aromatic heterocycles. The number of benzene rings is 3. The van der Waals surface area contributed by atoms with Gasteiger partial charge in [-0.1, -0.05) is 91.0 Å². The molecule has 0 bridgehead atoms. The maximum Gasteiger partial charge on any atom is 0.0892 e.